The summed E-state index contributed by atoms with van der Waals surface area (Å²) in [5.41, 5.74) is 1.74. The van der Waals surface area contributed by atoms with E-state index in [4.69, 9.17) is 39.5 Å². The van der Waals surface area contributed by atoms with Crippen molar-refractivity contribution in [1.29, 1.82) is 0 Å². The fourth-order valence-electron chi connectivity index (χ4n) is 3.64. The van der Waals surface area contributed by atoms with Crippen molar-refractivity contribution in [1.82, 2.24) is 10.2 Å². The van der Waals surface area contributed by atoms with Gasteiger partial charge in [0.05, 0.1) is 5.02 Å². The van der Waals surface area contributed by atoms with E-state index in [-0.39, 0.29) is 31.0 Å². The summed E-state index contributed by atoms with van der Waals surface area (Å²) in [7, 11) is 0. The largest absolute Gasteiger partial charge is 0.482 e. The minimum absolute atomic E-state index is 0.0389. The molecule has 36 heavy (non-hydrogen) atoms. The SMILES string of the molecule is CC[C@@H](C)NC(=O)[C@@H](Cc1ccccc1)N(Cc1cccc(Cl)c1)C(=O)COc1ccc(Cl)cc1Cl. The van der Waals surface area contributed by atoms with Crippen LogP contribution in [0.4, 0.5) is 0 Å². The summed E-state index contributed by atoms with van der Waals surface area (Å²) in [6, 6.07) is 20.8. The zero-order valence-electron chi connectivity index (χ0n) is 20.2. The summed E-state index contributed by atoms with van der Waals surface area (Å²) in [6.07, 6.45) is 1.11. The Kier molecular flexibility index (Phi) is 10.5. The zero-order chi connectivity index (χ0) is 26.1. The quantitative estimate of drug-likeness (QED) is 0.295. The lowest BCUT2D eigenvalue weighted by Gasteiger charge is -2.32. The Balaban J connectivity index is 1.92. The third kappa shape index (κ3) is 8.16. The van der Waals surface area contributed by atoms with Gasteiger partial charge in [0.2, 0.25) is 5.91 Å². The lowest BCUT2D eigenvalue weighted by atomic mass is 10.0. The lowest BCUT2D eigenvalue weighted by molar-refractivity contribution is -0.143. The second kappa shape index (κ2) is 13.5. The highest BCUT2D eigenvalue weighted by Gasteiger charge is 2.31. The van der Waals surface area contributed by atoms with Crippen molar-refractivity contribution >= 4 is 46.6 Å². The van der Waals surface area contributed by atoms with Gasteiger partial charge in [0.25, 0.3) is 5.91 Å². The van der Waals surface area contributed by atoms with Crippen LogP contribution in [0.1, 0.15) is 31.4 Å². The van der Waals surface area contributed by atoms with Crippen molar-refractivity contribution in [3.63, 3.8) is 0 Å². The van der Waals surface area contributed by atoms with Crippen LogP contribution in [0, 0.1) is 0 Å². The van der Waals surface area contributed by atoms with E-state index in [9.17, 15) is 9.59 Å². The number of hydrogen-bond acceptors (Lipinski definition) is 3. The van der Waals surface area contributed by atoms with Crippen LogP contribution < -0.4 is 10.1 Å². The highest BCUT2D eigenvalue weighted by atomic mass is 35.5. The Morgan fingerprint density at radius 3 is 2.28 bits per heavy atom. The molecule has 0 aliphatic rings. The first kappa shape index (κ1) is 27.9. The van der Waals surface area contributed by atoms with Gasteiger partial charge in [-0.2, -0.15) is 0 Å². The molecule has 3 aromatic rings. The van der Waals surface area contributed by atoms with Crippen molar-refractivity contribution in [3.8, 4) is 5.75 Å². The molecule has 0 unspecified atom stereocenters. The smallest absolute Gasteiger partial charge is 0.261 e. The first-order chi connectivity index (χ1) is 17.3. The Morgan fingerprint density at radius 1 is 0.917 bits per heavy atom. The van der Waals surface area contributed by atoms with Gasteiger partial charge >= 0.3 is 0 Å². The molecule has 8 heteroatoms. The van der Waals surface area contributed by atoms with Gasteiger partial charge in [-0.3, -0.25) is 9.59 Å². The molecule has 5 nitrogen and oxygen atoms in total. The van der Waals surface area contributed by atoms with Crippen LogP contribution in [-0.2, 0) is 22.6 Å². The monoisotopic (exact) mass is 546 g/mol. The molecule has 1 N–H and O–H groups in total. The predicted octanol–water partition coefficient (Wildman–Crippen LogP) is 6.58. The van der Waals surface area contributed by atoms with Crippen LogP contribution in [-0.4, -0.2) is 35.4 Å². The number of nitrogens with zero attached hydrogens (tertiary/aromatic N) is 1. The van der Waals surface area contributed by atoms with Gasteiger partial charge in [0.15, 0.2) is 6.61 Å². The third-order valence-corrected chi connectivity index (χ3v) is 6.52. The molecule has 0 aliphatic carbocycles. The maximum atomic E-state index is 13.6. The molecule has 0 radical (unpaired) electrons. The summed E-state index contributed by atoms with van der Waals surface area (Å²) in [5, 5.41) is 4.35. The standard InChI is InChI=1S/C28H29Cl3N2O3/c1-3-19(2)32-28(35)25(15-20-8-5-4-6-9-20)33(17-21-10-7-11-22(29)14-21)27(34)18-36-26-13-12-23(30)16-24(26)31/h4-14,16,19,25H,3,15,17-18H2,1-2H3,(H,32,35)/t19-,25-/m1/s1. The van der Waals surface area contributed by atoms with Gasteiger partial charge in [0, 0.05) is 29.1 Å². The Bertz CT molecular complexity index is 1170. The normalized spacial score (nSPS) is 12.5. The average Bonchev–Trinajstić information content (AvgIpc) is 2.86. The summed E-state index contributed by atoms with van der Waals surface area (Å²) in [5.74, 6) is -0.255. The Labute approximate surface area is 227 Å². The number of halogens is 3. The van der Waals surface area contributed by atoms with E-state index in [1.807, 2.05) is 56.3 Å². The first-order valence-electron chi connectivity index (χ1n) is 11.7. The summed E-state index contributed by atoms with van der Waals surface area (Å²) < 4.78 is 5.74. The molecule has 3 rings (SSSR count). The highest BCUT2D eigenvalue weighted by molar-refractivity contribution is 6.35. The van der Waals surface area contributed by atoms with Crippen LogP contribution in [0.2, 0.25) is 15.1 Å². The number of carbonyl (C=O) groups is 2. The van der Waals surface area contributed by atoms with E-state index in [0.29, 0.717) is 27.2 Å². The van der Waals surface area contributed by atoms with E-state index in [0.717, 1.165) is 17.5 Å². The van der Waals surface area contributed by atoms with Gasteiger partial charge in [-0.15, -0.1) is 0 Å². The molecule has 0 aromatic heterocycles. The van der Waals surface area contributed by atoms with E-state index in [2.05, 4.69) is 5.32 Å². The van der Waals surface area contributed by atoms with Crippen molar-refractivity contribution in [2.75, 3.05) is 6.61 Å². The molecule has 0 bridgehead atoms. The average molecular weight is 548 g/mol. The second-order valence-electron chi connectivity index (χ2n) is 8.54. The molecule has 2 atom stereocenters. The molecule has 190 valence electrons. The topological polar surface area (TPSA) is 58.6 Å². The number of amides is 2. The van der Waals surface area contributed by atoms with Crippen LogP contribution in [0.5, 0.6) is 5.75 Å². The van der Waals surface area contributed by atoms with Crippen LogP contribution in [0.3, 0.4) is 0 Å². The fraction of sp³-hybridized carbons (Fsp3) is 0.286. The van der Waals surface area contributed by atoms with Crippen molar-refractivity contribution < 1.29 is 14.3 Å². The van der Waals surface area contributed by atoms with Crippen LogP contribution >= 0.6 is 34.8 Å². The first-order valence-corrected chi connectivity index (χ1v) is 12.9. The molecule has 0 aliphatic heterocycles. The summed E-state index contributed by atoms with van der Waals surface area (Å²) >= 11 is 18.4. The van der Waals surface area contributed by atoms with Crippen LogP contribution in [0.15, 0.2) is 72.8 Å². The van der Waals surface area contributed by atoms with Crippen molar-refractivity contribution in [3.05, 3.63) is 99.0 Å². The molecule has 0 spiro atoms. The molecular weight excluding hydrogens is 519 g/mol. The number of hydrogen-bond donors (Lipinski definition) is 1. The molecule has 0 saturated carbocycles. The molecule has 3 aromatic carbocycles. The maximum Gasteiger partial charge on any atom is 0.261 e. The minimum atomic E-state index is -0.767. The molecule has 2 amide bonds. The minimum Gasteiger partial charge on any atom is -0.482 e. The van der Waals surface area contributed by atoms with Gasteiger partial charge in [0.1, 0.15) is 11.8 Å². The molecular formula is C28H29Cl3N2O3. The molecule has 0 fully saturated rings. The predicted molar refractivity (Wildman–Crippen MR) is 146 cm³/mol. The molecule has 0 heterocycles. The van der Waals surface area contributed by atoms with Gasteiger partial charge < -0.3 is 15.0 Å². The highest BCUT2D eigenvalue weighted by Crippen LogP contribution is 2.27. The number of nitrogens with one attached hydrogen (secondary N) is 1. The van der Waals surface area contributed by atoms with E-state index < -0.39 is 6.04 Å². The number of rotatable bonds is 11. The number of benzene rings is 3. The van der Waals surface area contributed by atoms with E-state index in [1.54, 1.807) is 35.2 Å². The van der Waals surface area contributed by atoms with Crippen molar-refractivity contribution in [2.45, 2.75) is 45.3 Å². The van der Waals surface area contributed by atoms with Gasteiger partial charge in [-0.1, -0.05) is 84.2 Å². The number of carbonyl (C=O) groups excluding carboxylic acids is 2. The lowest BCUT2D eigenvalue weighted by Crippen LogP contribution is -2.53. The van der Waals surface area contributed by atoms with Crippen molar-refractivity contribution in [2.24, 2.45) is 0 Å². The van der Waals surface area contributed by atoms with E-state index >= 15 is 0 Å². The number of ether oxygens (including phenoxy) is 1. The zero-order valence-corrected chi connectivity index (χ0v) is 22.5. The Morgan fingerprint density at radius 2 is 1.61 bits per heavy atom. The van der Waals surface area contributed by atoms with Gasteiger partial charge in [-0.25, -0.2) is 0 Å². The van der Waals surface area contributed by atoms with Crippen LogP contribution in [0.25, 0.3) is 0 Å². The van der Waals surface area contributed by atoms with E-state index in [1.165, 1.54) is 0 Å². The summed E-state index contributed by atoms with van der Waals surface area (Å²) in [6.45, 7) is 3.81. The van der Waals surface area contributed by atoms with Gasteiger partial charge in [-0.05, 0) is 54.8 Å². The third-order valence-electron chi connectivity index (χ3n) is 5.76. The summed E-state index contributed by atoms with van der Waals surface area (Å²) in [4.78, 5) is 28.6. The fourth-order valence-corrected chi connectivity index (χ4v) is 4.32. The Hall–Kier alpha value is -2.73. The molecule has 0 saturated heterocycles. The maximum absolute atomic E-state index is 13.6. The second-order valence-corrected chi connectivity index (χ2v) is 9.82.